The van der Waals surface area contributed by atoms with Gasteiger partial charge in [0.15, 0.2) is 6.10 Å². The number of ether oxygens (including phenoxy) is 1. The number of rotatable bonds is 6. The Hall–Kier alpha value is -3.60. The Kier molecular flexibility index (Phi) is 5.75. The van der Waals surface area contributed by atoms with Crippen LogP contribution in [0.2, 0.25) is 0 Å². The van der Waals surface area contributed by atoms with Crippen LogP contribution in [0.15, 0.2) is 47.1 Å². The maximum absolute atomic E-state index is 12.3. The molecule has 1 aliphatic rings. The van der Waals surface area contributed by atoms with Crippen LogP contribution in [0.25, 0.3) is 0 Å². The first-order valence-electron chi connectivity index (χ1n) is 8.78. The molecule has 2 amide bonds. The minimum atomic E-state index is -1.02. The van der Waals surface area contributed by atoms with E-state index in [-0.39, 0.29) is 18.9 Å². The van der Waals surface area contributed by atoms with Gasteiger partial charge in [-0.05, 0) is 43.3 Å². The van der Waals surface area contributed by atoms with Crippen molar-refractivity contribution in [2.75, 3.05) is 11.9 Å². The van der Waals surface area contributed by atoms with Gasteiger partial charge in [0.2, 0.25) is 5.91 Å². The SMILES string of the molecule is C[C@H](OC(=O)[C@@H]1CC(=O)N(Cc2ccco2)C1)C(=O)Nc1ccc(C#N)cc1. The summed E-state index contributed by atoms with van der Waals surface area (Å²) in [4.78, 5) is 38.2. The Balaban J connectivity index is 1.51. The van der Waals surface area contributed by atoms with E-state index in [2.05, 4.69) is 5.32 Å². The molecule has 2 heterocycles. The number of hydrogen-bond acceptors (Lipinski definition) is 6. The number of carbonyl (C=O) groups is 3. The van der Waals surface area contributed by atoms with Crippen molar-refractivity contribution in [2.45, 2.75) is 26.0 Å². The van der Waals surface area contributed by atoms with Gasteiger partial charge in [-0.3, -0.25) is 14.4 Å². The van der Waals surface area contributed by atoms with E-state index in [1.54, 1.807) is 36.4 Å². The number of nitrogens with one attached hydrogen (secondary N) is 1. The largest absolute Gasteiger partial charge is 0.467 e. The molecule has 28 heavy (non-hydrogen) atoms. The van der Waals surface area contributed by atoms with E-state index in [9.17, 15) is 14.4 Å². The Morgan fingerprint density at radius 2 is 2.11 bits per heavy atom. The lowest BCUT2D eigenvalue weighted by atomic mass is 10.1. The van der Waals surface area contributed by atoms with Gasteiger partial charge in [0.05, 0.1) is 30.4 Å². The molecule has 1 saturated heterocycles. The third kappa shape index (κ3) is 4.57. The molecule has 144 valence electrons. The van der Waals surface area contributed by atoms with Crippen molar-refractivity contribution >= 4 is 23.5 Å². The van der Waals surface area contributed by atoms with E-state index < -0.39 is 23.9 Å². The number of benzene rings is 1. The molecule has 1 aromatic heterocycles. The third-order valence-corrected chi connectivity index (χ3v) is 4.42. The van der Waals surface area contributed by atoms with Crippen molar-refractivity contribution < 1.29 is 23.5 Å². The van der Waals surface area contributed by atoms with Crippen molar-refractivity contribution in [2.24, 2.45) is 5.92 Å². The average molecular weight is 381 g/mol. The highest BCUT2D eigenvalue weighted by atomic mass is 16.5. The minimum Gasteiger partial charge on any atom is -0.467 e. The van der Waals surface area contributed by atoms with Gasteiger partial charge in [0.25, 0.3) is 5.91 Å². The van der Waals surface area contributed by atoms with E-state index in [1.807, 2.05) is 6.07 Å². The highest BCUT2D eigenvalue weighted by Gasteiger charge is 2.36. The summed E-state index contributed by atoms with van der Waals surface area (Å²) in [5, 5.41) is 11.4. The van der Waals surface area contributed by atoms with Crippen LogP contribution in [0.4, 0.5) is 5.69 Å². The molecule has 1 fully saturated rings. The summed E-state index contributed by atoms with van der Waals surface area (Å²) in [7, 11) is 0. The monoisotopic (exact) mass is 381 g/mol. The fourth-order valence-corrected chi connectivity index (χ4v) is 2.87. The van der Waals surface area contributed by atoms with E-state index >= 15 is 0 Å². The Bertz CT molecular complexity index is 899. The van der Waals surface area contributed by atoms with Gasteiger partial charge in [-0.1, -0.05) is 0 Å². The van der Waals surface area contributed by atoms with Crippen molar-refractivity contribution in [3.63, 3.8) is 0 Å². The Morgan fingerprint density at radius 1 is 1.36 bits per heavy atom. The van der Waals surface area contributed by atoms with Crippen molar-refractivity contribution in [1.82, 2.24) is 4.90 Å². The molecule has 8 heteroatoms. The van der Waals surface area contributed by atoms with Crippen molar-refractivity contribution in [1.29, 1.82) is 5.26 Å². The van der Waals surface area contributed by atoms with Crippen LogP contribution in [0, 0.1) is 17.2 Å². The fraction of sp³-hybridized carbons (Fsp3) is 0.300. The van der Waals surface area contributed by atoms with Crippen LogP contribution >= 0.6 is 0 Å². The molecule has 8 nitrogen and oxygen atoms in total. The number of likely N-dealkylation sites (tertiary alicyclic amines) is 1. The standard InChI is InChI=1S/C20H19N3O5/c1-13(19(25)22-16-6-4-14(10-21)5-7-16)28-20(26)15-9-18(24)23(11-15)12-17-3-2-8-27-17/h2-8,13,15H,9,11-12H2,1H3,(H,22,25)/t13-,15+/m0/s1. The second kappa shape index (κ2) is 8.39. The second-order valence-electron chi connectivity index (χ2n) is 6.51. The maximum atomic E-state index is 12.3. The molecule has 1 N–H and O–H groups in total. The van der Waals surface area contributed by atoms with Crippen LogP contribution < -0.4 is 5.32 Å². The second-order valence-corrected chi connectivity index (χ2v) is 6.51. The number of nitrogens with zero attached hydrogens (tertiary/aromatic N) is 2. The molecule has 0 bridgehead atoms. The molecule has 0 saturated carbocycles. The van der Waals surface area contributed by atoms with Crippen LogP contribution in [-0.4, -0.2) is 35.3 Å². The number of carbonyl (C=O) groups excluding carboxylic acids is 3. The summed E-state index contributed by atoms with van der Waals surface area (Å²) >= 11 is 0. The molecule has 3 rings (SSSR count). The average Bonchev–Trinajstić information content (AvgIpc) is 3.32. The molecule has 1 aromatic carbocycles. The molecule has 0 unspecified atom stereocenters. The number of nitriles is 1. The van der Waals surface area contributed by atoms with Crippen molar-refractivity contribution in [3.8, 4) is 6.07 Å². The van der Waals surface area contributed by atoms with Crippen LogP contribution in [-0.2, 0) is 25.7 Å². The molecule has 2 aromatic rings. The highest BCUT2D eigenvalue weighted by Crippen LogP contribution is 2.22. The number of hydrogen-bond donors (Lipinski definition) is 1. The summed E-state index contributed by atoms with van der Waals surface area (Å²) in [5.74, 6) is -1.22. The van der Waals surface area contributed by atoms with Gasteiger partial charge in [-0.25, -0.2) is 0 Å². The number of esters is 1. The van der Waals surface area contributed by atoms with Gasteiger partial charge in [-0.15, -0.1) is 0 Å². The summed E-state index contributed by atoms with van der Waals surface area (Å²) in [6, 6.07) is 11.8. The van der Waals surface area contributed by atoms with Crippen LogP contribution in [0.3, 0.4) is 0 Å². The topological polar surface area (TPSA) is 113 Å². The lowest BCUT2D eigenvalue weighted by Gasteiger charge is -2.17. The van der Waals surface area contributed by atoms with Gasteiger partial charge in [-0.2, -0.15) is 5.26 Å². The first-order chi connectivity index (χ1) is 13.5. The summed E-state index contributed by atoms with van der Waals surface area (Å²) in [5.41, 5.74) is 0.968. The Labute approximate surface area is 161 Å². The fourth-order valence-electron chi connectivity index (χ4n) is 2.87. The number of amides is 2. The zero-order chi connectivity index (χ0) is 20.1. The molecule has 0 radical (unpaired) electrons. The highest BCUT2D eigenvalue weighted by molar-refractivity contribution is 5.95. The molecule has 1 aliphatic heterocycles. The summed E-state index contributed by atoms with van der Waals surface area (Å²) in [6.07, 6.45) is 0.552. The molecular weight excluding hydrogens is 362 g/mol. The first-order valence-corrected chi connectivity index (χ1v) is 8.78. The summed E-state index contributed by atoms with van der Waals surface area (Å²) in [6.45, 7) is 1.99. The molecule has 0 spiro atoms. The molecular formula is C20H19N3O5. The smallest absolute Gasteiger partial charge is 0.312 e. The predicted molar refractivity (Wildman–Crippen MR) is 97.6 cm³/mol. The van der Waals surface area contributed by atoms with E-state index in [0.717, 1.165) is 0 Å². The van der Waals surface area contributed by atoms with Gasteiger partial charge < -0.3 is 19.4 Å². The van der Waals surface area contributed by atoms with Crippen LogP contribution in [0.1, 0.15) is 24.7 Å². The predicted octanol–water partition coefficient (Wildman–Crippen LogP) is 2.07. The van der Waals surface area contributed by atoms with E-state index in [1.165, 1.54) is 18.1 Å². The zero-order valence-corrected chi connectivity index (χ0v) is 15.3. The minimum absolute atomic E-state index is 0.0451. The van der Waals surface area contributed by atoms with Crippen molar-refractivity contribution in [3.05, 3.63) is 54.0 Å². The summed E-state index contributed by atoms with van der Waals surface area (Å²) < 4.78 is 10.5. The van der Waals surface area contributed by atoms with Gasteiger partial charge in [0.1, 0.15) is 5.76 Å². The van der Waals surface area contributed by atoms with Gasteiger partial charge in [0, 0.05) is 18.7 Å². The number of furan rings is 1. The maximum Gasteiger partial charge on any atom is 0.312 e. The Morgan fingerprint density at radius 3 is 2.75 bits per heavy atom. The lowest BCUT2D eigenvalue weighted by Crippen LogP contribution is -2.33. The molecule has 0 aliphatic carbocycles. The third-order valence-electron chi connectivity index (χ3n) is 4.42. The molecule has 2 atom stereocenters. The lowest BCUT2D eigenvalue weighted by molar-refractivity contribution is -0.157. The van der Waals surface area contributed by atoms with Gasteiger partial charge >= 0.3 is 5.97 Å². The number of anilines is 1. The first kappa shape index (κ1) is 19.2. The zero-order valence-electron chi connectivity index (χ0n) is 15.3. The van der Waals surface area contributed by atoms with E-state index in [0.29, 0.717) is 23.6 Å². The van der Waals surface area contributed by atoms with Crippen LogP contribution in [0.5, 0.6) is 0 Å². The normalized spacial score (nSPS) is 17.1. The van der Waals surface area contributed by atoms with E-state index in [4.69, 9.17) is 14.4 Å². The quantitative estimate of drug-likeness (QED) is 0.767.